The first-order valence-electron chi connectivity index (χ1n) is 5.29. The largest absolute Gasteiger partial charge is 0.394 e. The molecule has 0 bridgehead atoms. The third-order valence-corrected chi connectivity index (χ3v) is 2.84. The normalized spacial score (nSPS) is 26.9. The van der Waals surface area contributed by atoms with Crippen LogP contribution in [0.4, 0.5) is 4.70 Å². The molecule has 1 aromatic heterocycles. The van der Waals surface area contributed by atoms with Gasteiger partial charge in [-0.1, -0.05) is 0 Å². The Balaban J connectivity index is 0.00000162. The van der Waals surface area contributed by atoms with Crippen LogP contribution in [0.5, 0.6) is 0 Å². The van der Waals surface area contributed by atoms with E-state index in [1.54, 1.807) is 6.92 Å². The molecule has 3 atom stereocenters. The quantitative estimate of drug-likeness (QED) is 0.610. The third-order valence-electron chi connectivity index (χ3n) is 2.84. The minimum atomic E-state index is -0.816. The van der Waals surface area contributed by atoms with Gasteiger partial charge in [-0.2, -0.15) is 0 Å². The number of aromatic nitrogens is 2. The minimum absolute atomic E-state index is 0. The summed E-state index contributed by atoms with van der Waals surface area (Å²) in [5.74, 6) is 0. The lowest BCUT2D eigenvalue weighted by molar-refractivity contribution is -0.0459. The van der Waals surface area contributed by atoms with E-state index in [4.69, 9.17) is 9.84 Å². The smallest absolute Gasteiger partial charge is 0.330 e. The predicted molar refractivity (Wildman–Crippen MR) is 60.2 cm³/mol. The highest BCUT2D eigenvalue weighted by atomic mass is 19.0. The monoisotopic (exact) mass is 262 g/mol. The molecule has 1 aromatic rings. The molecule has 18 heavy (non-hydrogen) atoms. The molecule has 1 aliphatic heterocycles. The highest BCUT2D eigenvalue weighted by Gasteiger charge is 2.34. The van der Waals surface area contributed by atoms with Crippen LogP contribution in [0.15, 0.2) is 15.8 Å². The fourth-order valence-corrected chi connectivity index (χ4v) is 1.85. The van der Waals surface area contributed by atoms with E-state index in [1.807, 2.05) is 0 Å². The number of halogens is 1. The molecule has 1 aliphatic rings. The van der Waals surface area contributed by atoms with Gasteiger partial charge < -0.3 is 14.9 Å². The number of H-pyrrole nitrogens is 1. The van der Waals surface area contributed by atoms with Gasteiger partial charge in [0.2, 0.25) is 0 Å². The maximum Gasteiger partial charge on any atom is 0.330 e. The zero-order valence-corrected chi connectivity index (χ0v) is 9.70. The molecule has 0 aromatic carbocycles. The van der Waals surface area contributed by atoms with Crippen LogP contribution in [-0.2, 0) is 4.74 Å². The number of rotatable bonds is 2. The van der Waals surface area contributed by atoms with Crippen molar-refractivity contribution in [3.05, 3.63) is 32.6 Å². The molecule has 0 radical (unpaired) electrons. The van der Waals surface area contributed by atoms with Gasteiger partial charge in [-0.25, -0.2) is 4.79 Å². The molecule has 0 saturated carbocycles. The van der Waals surface area contributed by atoms with Gasteiger partial charge in [-0.15, -0.1) is 0 Å². The van der Waals surface area contributed by atoms with Gasteiger partial charge in [-0.05, 0) is 6.92 Å². The number of ether oxygens (including phenoxy) is 1. The maximum atomic E-state index is 11.6. The average molecular weight is 262 g/mol. The number of aryl methyl sites for hydroxylation is 1. The maximum absolute atomic E-state index is 11.6. The number of aliphatic hydroxyl groups is 2. The summed E-state index contributed by atoms with van der Waals surface area (Å²) in [6.45, 7) is 1.26. The first kappa shape index (κ1) is 14.6. The molecular formula is C10H15FN2O5. The number of hydrogen-bond donors (Lipinski definition) is 3. The Hall–Kier alpha value is -1.51. The minimum Gasteiger partial charge on any atom is -0.394 e. The zero-order chi connectivity index (χ0) is 12.6. The first-order chi connectivity index (χ1) is 8.02. The van der Waals surface area contributed by atoms with E-state index >= 15 is 0 Å². The zero-order valence-electron chi connectivity index (χ0n) is 9.70. The SMILES string of the molecule is Cc1cn([C@H]2C[C@H](O)[C@@H](CO)O2)c(=O)[nH]c1=O.F. The standard InChI is InChI=1S/C10H14N2O5.FH/c1-5-3-12(10(16)11-9(5)15)8-2-6(14)7(4-13)17-8;/h3,6-8,13-14H,2,4H2,1H3,(H,11,15,16);1H/t6-,7+,8+;/m0./s1. The fourth-order valence-electron chi connectivity index (χ4n) is 1.85. The first-order valence-corrected chi connectivity index (χ1v) is 5.29. The average Bonchev–Trinajstić information content (AvgIpc) is 2.65. The second-order valence-corrected chi connectivity index (χ2v) is 4.09. The van der Waals surface area contributed by atoms with Crippen molar-refractivity contribution >= 4 is 0 Å². The molecule has 8 heteroatoms. The van der Waals surface area contributed by atoms with E-state index in [0.29, 0.717) is 5.56 Å². The fraction of sp³-hybridized carbons (Fsp3) is 0.600. The van der Waals surface area contributed by atoms with E-state index in [2.05, 4.69) is 4.98 Å². The van der Waals surface area contributed by atoms with Crippen LogP contribution in [0.3, 0.4) is 0 Å². The van der Waals surface area contributed by atoms with Crippen molar-refractivity contribution in [3.63, 3.8) is 0 Å². The van der Waals surface area contributed by atoms with Crippen LogP contribution in [0.2, 0.25) is 0 Å². The van der Waals surface area contributed by atoms with Crippen LogP contribution < -0.4 is 11.2 Å². The van der Waals surface area contributed by atoms with Gasteiger partial charge in [0.1, 0.15) is 12.3 Å². The summed E-state index contributed by atoms with van der Waals surface area (Å²) >= 11 is 0. The number of nitrogens with zero attached hydrogens (tertiary/aromatic N) is 1. The highest BCUT2D eigenvalue weighted by molar-refractivity contribution is 5.02. The molecule has 0 aliphatic carbocycles. The molecular weight excluding hydrogens is 247 g/mol. The topological polar surface area (TPSA) is 105 Å². The molecule has 0 amide bonds. The van der Waals surface area contributed by atoms with Crippen LogP contribution in [0, 0.1) is 6.92 Å². The highest BCUT2D eigenvalue weighted by Crippen LogP contribution is 2.27. The third kappa shape index (κ3) is 2.50. The van der Waals surface area contributed by atoms with E-state index in [0.717, 1.165) is 0 Å². The van der Waals surface area contributed by atoms with Crippen LogP contribution in [-0.4, -0.2) is 38.6 Å². The lowest BCUT2D eigenvalue weighted by Gasteiger charge is -2.14. The molecule has 1 saturated heterocycles. The molecule has 102 valence electrons. The summed E-state index contributed by atoms with van der Waals surface area (Å²) in [5.41, 5.74) is -0.643. The lowest BCUT2D eigenvalue weighted by Crippen LogP contribution is -2.33. The number of hydrogen-bond acceptors (Lipinski definition) is 5. The second kappa shape index (κ2) is 5.42. The summed E-state index contributed by atoms with van der Waals surface area (Å²) in [6.07, 6.45) is -0.581. The summed E-state index contributed by atoms with van der Waals surface area (Å²) in [4.78, 5) is 24.9. The molecule has 2 heterocycles. The van der Waals surface area contributed by atoms with Crippen molar-refractivity contribution in [2.24, 2.45) is 0 Å². The van der Waals surface area contributed by atoms with Crippen molar-refractivity contribution in [1.82, 2.24) is 9.55 Å². The Morgan fingerprint density at radius 1 is 1.56 bits per heavy atom. The summed E-state index contributed by atoms with van der Waals surface area (Å²) in [7, 11) is 0. The van der Waals surface area contributed by atoms with Crippen LogP contribution in [0.1, 0.15) is 18.2 Å². The molecule has 7 nitrogen and oxygen atoms in total. The van der Waals surface area contributed by atoms with E-state index < -0.39 is 29.7 Å². The van der Waals surface area contributed by atoms with Crippen molar-refractivity contribution < 1.29 is 19.7 Å². The Kier molecular flexibility index (Phi) is 4.38. The van der Waals surface area contributed by atoms with Gasteiger partial charge in [0.15, 0.2) is 0 Å². The van der Waals surface area contributed by atoms with Gasteiger partial charge >= 0.3 is 5.69 Å². The molecule has 3 N–H and O–H groups in total. The van der Waals surface area contributed by atoms with Gasteiger partial charge in [0.25, 0.3) is 5.56 Å². The molecule has 0 spiro atoms. The van der Waals surface area contributed by atoms with Crippen LogP contribution >= 0.6 is 0 Å². The summed E-state index contributed by atoms with van der Waals surface area (Å²) in [6, 6.07) is 0. The molecule has 1 fully saturated rings. The van der Waals surface area contributed by atoms with E-state index in [1.165, 1.54) is 10.8 Å². The van der Waals surface area contributed by atoms with Crippen molar-refractivity contribution in [3.8, 4) is 0 Å². The van der Waals surface area contributed by atoms with E-state index in [-0.39, 0.29) is 17.7 Å². The Bertz CT molecular complexity index is 526. The summed E-state index contributed by atoms with van der Waals surface area (Å²) in [5, 5.41) is 18.5. The number of aromatic amines is 1. The number of aliphatic hydroxyl groups excluding tert-OH is 2. The van der Waals surface area contributed by atoms with Gasteiger partial charge in [0.05, 0.1) is 12.7 Å². The lowest BCUT2D eigenvalue weighted by atomic mass is 10.2. The Labute approximate surface area is 101 Å². The predicted octanol–water partition coefficient (Wildman–Crippen LogP) is -1.36. The molecule has 2 rings (SSSR count). The number of nitrogens with one attached hydrogen (secondary N) is 1. The van der Waals surface area contributed by atoms with Gasteiger partial charge in [0, 0.05) is 18.2 Å². The summed E-state index contributed by atoms with van der Waals surface area (Å²) < 4.78 is 6.54. The van der Waals surface area contributed by atoms with Crippen molar-refractivity contribution in [2.75, 3.05) is 6.61 Å². The Morgan fingerprint density at radius 3 is 2.78 bits per heavy atom. The van der Waals surface area contributed by atoms with Crippen molar-refractivity contribution in [1.29, 1.82) is 0 Å². The Morgan fingerprint density at radius 2 is 2.22 bits per heavy atom. The van der Waals surface area contributed by atoms with E-state index in [9.17, 15) is 14.7 Å². The van der Waals surface area contributed by atoms with Crippen LogP contribution in [0.25, 0.3) is 0 Å². The van der Waals surface area contributed by atoms with Gasteiger partial charge in [-0.3, -0.25) is 19.1 Å². The van der Waals surface area contributed by atoms with Crippen molar-refractivity contribution in [2.45, 2.75) is 31.8 Å². The molecule has 0 unspecified atom stereocenters. The second-order valence-electron chi connectivity index (χ2n) is 4.09.